The Morgan fingerprint density at radius 2 is 2.50 bits per heavy atom. The predicted octanol–water partition coefficient (Wildman–Crippen LogP) is 0.453. The molecule has 1 aromatic heterocycles. The van der Waals surface area contributed by atoms with Gasteiger partial charge in [0.1, 0.15) is 0 Å². The molecule has 5 nitrogen and oxygen atoms in total. The number of nitrogens with zero attached hydrogens (tertiary/aromatic N) is 1. The van der Waals surface area contributed by atoms with Crippen LogP contribution < -0.4 is 5.32 Å². The van der Waals surface area contributed by atoms with Crippen LogP contribution in [0.4, 0.5) is 0 Å². The molecule has 1 saturated heterocycles. The number of carboxylic acid groups (broad SMARTS) is 1. The summed E-state index contributed by atoms with van der Waals surface area (Å²) in [7, 11) is 0. The van der Waals surface area contributed by atoms with Gasteiger partial charge in [0.05, 0.1) is 17.7 Å². The zero-order valence-electron chi connectivity index (χ0n) is 7.95. The number of hydrogen-bond acceptors (Lipinski definition) is 3. The van der Waals surface area contributed by atoms with E-state index in [4.69, 9.17) is 5.11 Å². The second-order valence-corrected chi connectivity index (χ2v) is 3.64. The Bertz CT molecular complexity index is 348. The molecule has 2 unspecified atom stereocenters. The lowest BCUT2D eigenvalue weighted by atomic mass is 9.98. The Morgan fingerprint density at radius 3 is 3.07 bits per heavy atom. The van der Waals surface area contributed by atoms with Gasteiger partial charge in [0.2, 0.25) is 0 Å². The second kappa shape index (κ2) is 3.42. The number of rotatable bonds is 2. The van der Waals surface area contributed by atoms with E-state index < -0.39 is 5.97 Å². The van der Waals surface area contributed by atoms with Crippen molar-refractivity contribution in [2.75, 3.05) is 6.54 Å². The predicted molar refractivity (Wildman–Crippen MR) is 49.8 cm³/mol. The SMILES string of the molecule is Cc1cc(C2NCCC2C(=O)O)n[nH]1. The zero-order valence-corrected chi connectivity index (χ0v) is 7.95. The van der Waals surface area contributed by atoms with Crippen LogP contribution in [0.1, 0.15) is 23.9 Å². The molecular formula is C9H13N3O2. The first-order valence-corrected chi connectivity index (χ1v) is 4.66. The molecule has 0 saturated carbocycles. The van der Waals surface area contributed by atoms with E-state index >= 15 is 0 Å². The standard InChI is InChI=1S/C9H13N3O2/c1-5-4-7(12-11-5)8-6(9(13)14)2-3-10-8/h4,6,8,10H,2-3H2,1H3,(H,11,12)(H,13,14). The van der Waals surface area contributed by atoms with Gasteiger partial charge in [-0.25, -0.2) is 0 Å². The van der Waals surface area contributed by atoms with Crippen LogP contribution in [-0.4, -0.2) is 27.8 Å². The number of hydrogen-bond donors (Lipinski definition) is 3. The number of H-pyrrole nitrogens is 1. The third kappa shape index (κ3) is 1.50. The highest BCUT2D eigenvalue weighted by molar-refractivity contribution is 5.71. The minimum absolute atomic E-state index is 0.141. The summed E-state index contributed by atoms with van der Waals surface area (Å²) in [5, 5.41) is 19.0. The molecule has 76 valence electrons. The van der Waals surface area contributed by atoms with Crippen molar-refractivity contribution in [3.63, 3.8) is 0 Å². The molecule has 1 fully saturated rings. The Morgan fingerprint density at radius 1 is 1.71 bits per heavy atom. The van der Waals surface area contributed by atoms with E-state index in [0.717, 1.165) is 17.9 Å². The summed E-state index contributed by atoms with van der Waals surface area (Å²) in [6.45, 7) is 2.65. The maximum Gasteiger partial charge on any atom is 0.308 e. The fraction of sp³-hybridized carbons (Fsp3) is 0.556. The molecule has 5 heteroatoms. The number of aromatic amines is 1. The molecule has 2 heterocycles. The van der Waals surface area contributed by atoms with E-state index in [2.05, 4.69) is 15.5 Å². The van der Waals surface area contributed by atoms with E-state index in [1.165, 1.54) is 0 Å². The van der Waals surface area contributed by atoms with Crippen molar-refractivity contribution in [2.45, 2.75) is 19.4 Å². The van der Waals surface area contributed by atoms with Crippen LogP contribution in [0, 0.1) is 12.8 Å². The lowest BCUT2D eigenvalue weighted by Gasteiger charge is -2.12. The van der Waals surface area contributed by atoms with Gasteiger partial charge in [0.25, 0.3) is 0 Å². The van der Waals surface area contributed by atoms with E-state index in [1.54, 1.807) is 0 Å². The molecule has 1 aliphatic rings. The normalized spacial score (nSPS) is 26.6. The number of aliphatic carboxylic acids is 1. The smallest absolute Gasteiger partial charge is 0.308 e. The van der Waals surface area contributed by atoms with Crippen LogP contribution >= 0.6 is 0 Å². The molecule has 2 atom stereocenters. The minimum Gasteiger partial charge on any atom is -0.481 e. The Balaban J connectivity index is 2.21. The quantitative estimate of drug-likeness (QED) is 0.640. The van der Waals surface area contributed by atoms with Crippen molar-refractivity contribution in [2.24, 2.45) is 5.92 Å². The Hall–Kier alpha value is -1.36. The topological polar surface area (TPSA) is 78.0 Å². The van der Waals surface area contributed by atoms with Gasteiger partial charge in [-0.15, -0.1) is 0 Å². The summed E-state index contributed by atoms with van der Waals surface area (Å²) < 4.78 is 0. The van der Waals surface area contributed by atoms with Crippen molar-refractivity contribution in [3.8, 4) is 0 Å². The van der Waals surface area contributed by atoms with Crippen molar-refractivity contribution >= 4 is 5.97 Å². The first kappa shape index (κ1) is 9.21. The average Bonchev–Trinajstić information content (AvgIpc) is 2.70. The molecule has 14 heavy (non-hydrogen) atoms. The summed E-state index contributed by atoms with van der Waals surface area (Å²) in [5.74, 6) is -1.10. The van der Waals surface area contributed by atoms with Gasteiger partial charge in [-0.3, -0.25) is 9.89 Å². The monoisotopic (exact) mass is 195 g/mol. The summed E-state index contributed by atoms with van der Waals surface area (Å²) in [6, 6.07) is 1.75. The third-order valence-corrected chi connectivity index (χ3v) is 2.58. The van der Waals surface area contributed by atoms with Crippen LogP contribution in [0.25, 0.3) is 0 Å². The van der Waals surface area contributed by atoms with Crippen LogP contribution in [-0.2, 0) is 4.79 Å². The van der Waals surface area contributed by atoms with Crippen LogP contribution in [0.15, 0.2) is 6.07 Å². The minimum atomic E-state index is -0.749. The van der Waals surface area contributed by atoms with Crippen molar-refractivity contribution < 1.29 is 9.90 Å². The van der Waals surface area contributed by atoms with Gasteiger partial charge in [-0.05, 0) is 26.0 Å². The molecule has 3 N–H and O–H groups in total. The van der Waals surface area contributed by atoms with Crippen molar-refractivity contribution in [3.05, 3.63) is 17.5 Å². The van der Waals surface area contributed by atoms with Crippen molar-refractivity contribution in [1.29, 1.82) is 0 Å². The van der Waals surface area contributed by atoms with E-state index in [0.29, 0.717) is 6.42 Å². The lowest BCUT2D eigenvalue weighted by molar-refractivity contribution is -0.142. The van der Waals surface area contributed by atoms with Crippen LogP contribution in [0.5, 0.6) is 0 Å². The number of nitrogens with one attached hydrogen (secondary N) is 2. The second-order valence-electron chi connectivity index (χ2n) is 3.64. The van der Waals surface area contributed by atoms with E-state index in [9.17, 15) is 4.79 Å². The zero-order chi connectivity index (χ0) is 10.1. The van der Waals surface area contributed by atoms with Gasteiger partial charge in [-0.2, -0.15) is 5.10 Å². The first-order valence-electron chi connectivity index (χ1n) is 4.66. The highest BCUT2D eigenvalue weighted by Crippen LogP contribution is 2.28. The highest BCUT2D eigenvalue weighted by Gasteiger charge is 2.34. The highest BCUT2D eigenvalue weighted by atomic mass is 16.4. The largest absolute Gasteiger partial charge is 0.481 e. The van der Waals surface area contributed by atoms with Crippen molar-refractivity contribution in [1.82, 2.24) is 15.5 Å². The molecule has 0 aliphatic carbocycles. The molecule has 0 spiro atoms. The van der Waals surface area contributed by atoms with E-state index in [-0.39, 0.29) is 12.0 Å². The lowest BCUT2D eigenvalue weighted by Crippen LogP contribution is -2.23. The number of carbonyl (C=O) groups is 1. The summed E-state index contributed by atoms with van der Waals surface area (Å²) in [5.41, 5.74) is 1.75. The van der Waals surface area contributed by atoms with Gasteiger partial charge < -0.3 is 10.4 Å². The fourth-order valence-electron chi connectivity index (χ4n) is 1.88. The summed E-state index contributed by atoms with van der Waals surface area (Å²) in [6.07, 6.45) is 0.673. The molecule has 0 radical (unpaired) electrons. The molecule has 0 bridgehead atoms. The molecule has 2 rings (SSSR count). The molecule has 0 amide bonds. The third-order valence-electron chi connectivity index (χ3n) is 2.58. The summed E-state index contributed by atoms with van der Waals surface area (Å²) >= 11 is 0. The fourth-order valence-corrected chi connectivity index (χ4v) is 1.88. The average molecular weight is 195 g/mol. The number of carboxylic acids is 1. The van der Waals surface area contributed by atoms with Crippen LogP contribution in [0.3, 0.4) is 0 Å². The molecule has 1 aliphatic heterocycles. The van der Waals surface area contributed by atoms with Gasteiger partial charge in [0, 0.05) is 5.69 Å². The summed E-state index contributed by atoms with van der Waals surface area (Å²) in [4.78, 5) is 10.9. The molecule has 1 aromatic rings. The Kier molecular flexibility index (Phi) is 2.25. The van der Waals surface area contributed by atoms with Gasteiger partial charge >= 0.3 is 5.97 Å². The van der Waals surface area contributed by atoms with Gasteiger partial charge in [0.15, 0.2) is 0 Å². The number of aromatic nitrogens is 2. The Labute approximate surface area is 81.5 Å². The van der Waals surface area contributed by atoms with E-state index in [1.807, 2.05) is 13.0 Å². The maximum absolute atomic E-state index is 10.9. The first-order chi connectivity index (χ1) is 6.68. The van der Waals surface area contributed by atoms with Crippen LogP contribution in [0.2, 0.25) is 0 Å². The maximum atomic E-state index is 10.9. The van der Waals surface area contributed by atoms with Gasteiger partial charge in [-0.1, -0.05) is 0 Å². The molecular weight excluding hydrogens is 182 g/mol. The number of aryl methyl sites for hydroxylation is 1. The molecule has 0 aromatic carbocycles.